The molecule has 1 heterocycles. The SMILES string of the molecule is O=C(N/N=C/c1cccc([N+](=O)[O-])c1)c1cc(-c2cc(Cl)cc(Cl)c2)n[nH]1. The Hall–Kier alpha value is -3.23. The number of hydrogen-bond donors (Lipinski definition) is 2. The molecule has 0 saturated heterocycles. The van der Waals surface area contributed by atoms with Crippen LogP contribution in [0.3, 0.4) is 0 Å². The van der Waals surface area contributed by atoms with Gasteiger partial charge in [0.25, 0.3) is 11.6 Å². The number of nitro benzene ring substituents is 1. The molecule has 10 heteroatoms. The molecule has 1 aromatic heterocycles. The van der Waals surface area contributed by atoms with Gasteiger partial charge in [0.05, 0.1) is 16.8 Å². The van der Waals surface area contributed by atoms with Crippen LogP contribution in [-0.2, 0) is 0 Å². The van der Waals surface area contributed by atoms with Gasteiger partial charge in [-0.15, -0.1) is 0 Å². The van der Waals surface area contributed by atoms with Crippen LogP contribution in [0.1, 0.15) is 16.1 Å². The molecule has 0 aliphatic carbocycles. The van der Waals surface area contributed by atoms with Crippen LogP contribution in [0, 0.1) is 10.1 Å². The normalized spacial score (nSPS) is 10.9. The average molecular weight is 404 g/mol. The number of nitrogens with zero attached hydrogens (tertiary/aromatic N) is 3. The third-order valence-corrected chi connectivity index (χ3v) is 3.88. The van der Waals surface area contributed by atoms with Gasteiger partial charge in [-0.3, -0.25) is 20.0 Å². The standard InChI is InChI=1S/C17H11Cl2N5O3/c18-12-5-11(6-13(19)7-12)15-8-16(22-21-15)17(25)23-20-9-10-2-1-3-14(4-10)24(26)27/h1-9H,(H,21,22)(H,23,25)/b20-9+. The largest absolute Gasteiger partial charge is 0.289 e. The number of rotatable bonds is 5. The lowest BCUT2D eigenvalue weighted by Crippen LogP contribution is -2.18. The van der Waals surface area contributed by atoms with Crippen LogP contribution in [0.4, 0.5) is 5.69 Å². The van der Waals surface area contributed by atoms with Gasteiger partial charge in [-0.2, -0.15) is 10.2 Å². The van der Waals surface area contributed by atoms with Crippen LogP contribution in [0.15, 0.2) is 53.6 Å². The Bertz CT molecular complexity index is 1030. The summed E-state index contributed by atoms with van der Waals surface area (Å²) in [6.45, 7) is 0. The third-order valence-electron chi connectivity index (χ3n) is 3.44. The second-order valence-corrected chi connectivity index (χ2v) is 6.25. The van der Waals surface area contributed by atoms with Gasteiger partial charge >= 0.3 is 0 Å². The van der Waals surface area contributed by atoms with E-state index in [1.54, 1.807) is 24.3 Å². The van der Waals surface area contributed by atoms with E-state index in [1.807, 2.05) is 0 Å². The zero-order chi connectivity index (χ0) is 19.4. The molecule has 3 rings (SSSR count). The second kappa shape index (κ2) is 7.98. The quantitative estimate of drug-likeness (QED) is 0.379. The molecule has 0 bridgehead atoms. The molecule has 0 aliphatic rings. The van der Waals surface area contributed by atoms with Crippen LogP contribution in [0.2, 0.25) is 10.0 Å². The van der Waals surface area contributed by atoms with Crippen molar-refractivity contribution in [3.05, 3.63) is 79.9 Å². The van der Waals surface area contributed by atoms with E-state index in [4.69, 9.17) is 23.2 Å². The van der Waals surface area contributed by atoms with Gasteiger partial charge in [0.1, 0.15) is 5.69 Å². The molecule has 0 unspecified atom stereocenters. The Labute approximate surface area is 163 Å². The fourth-order valence-electron chi connectivity index (χ4n) is 2.23. The number of hydrogen-bond acceptors (Lipinski definition) is 5. The molecular formula is C17H11Cl2N5O3. The van der Waals surface area contributed by atoms with E-state index in [-0.39, 0.29) is 11.4 Å². The molecule has 8 nitrogen and oxygen atoms in total. The fourth-order valence-corrected chi connectivity index (χ4v) is 2.76. The lowest BCUT2D eigenvalue weighted by Gasteiger charge is -1.98. The van der Waals surface area contributed by atoms with Gasteiger partial charge in [-0.25, -0.2) is 5.43 Å². The molecule has 136 valence electrons. The Kier molecular flexibility index (Phi) is 5.49. The number of hydrazone groups is 1. The summed E-state index contributed by atoms with van der Waals surface area (Å²) in [4.78, 5) is 22.4. The minimum Gasteiger partial charge on any atom is -0.272 e. The summed E-state index contributed by atoms with van der Waals surface area (Å²) in [7, 11) is 0. The van der Waals surface area contributed by atoms with Gasteiger partial charge in [-0.1, -0.05) is 35.3 Å². The number of H-pyrrole nitrogens is 1. The van der Waals surface area contributed by atoms with E-state index in [1.165, 1.54) is 30.5 Å². The van der Waals surface area contributed by atoms with Crippen molar-refractivity contribution in [3.63, 3.8) is 0 Å². The minimum absolute atomic E-state index is 0.0660. The predicted molar refractivity (Wildman–Crippen MR) is 102 cm³/mol. The number of nitro groups is 1. The molecule has 0 spiro atoms. The highest BCUT2D eigenvalue weighted by Crippen LogP contribution is 2.26. The van der Waals surface area contributed by atoms with Crippen molar-refractivity contribution in [1.29, 1.82) is 0 Å². The molecule has 0 aliphatic heterocycles. The Morgan fingerprint density at radius 1 is 1.19 bits per heavy atom. The topological polar surface area (TPSA) is 113 Å². The second-order valence-electron chi connectivity index (χ2n) is 5.38. The van der Waals surface area contributed by atoms with Crippen molar-refractivity contribution in [3.8, 4) is 11.3 Å². The van der Waals surface area contributed by atoms with Crippen LogP contribution in [-0.4, -0.2) is 27.2 Å². The highest BCUT2D eigenvalue weighted by atomic mass is 35.5. The smallest absolute Gasteiger partial charge is 0.272 e. The third kappa shape index (κ3) is 4.69. The van der Waals surface area contributed by atoms with Crippen LogP contribution < -0.4 is 5.43 Å². The zero-order valence-corrected chi connectivity index (χ0v) is 15.0. The van der Waals surface area contributed by atoms with E-state index >= 15 is 0 Å². The number of benzene rings is 2. The van der Waals surface area contributed by atoms with Gasteiger partial charge in [-0.05, 0) is 24.3 Å². The first-order chi connectivity index (χ1) is 12.9. The van der Waals surface area contributed by atoms with Gasteiger partial charge in [0, 0.05) is 33.3 Å². The number of aromatic nitrogens is 2. The van der Waals surface area contributed by atoms with E-state index in [9.17, 15) is 14.9 Å². The maximum Gasteiger partial charge on any atom is 0.289 e. The number of carbonyl (C=O) groups excluding carboxylic acids is 1. The van der Waals surface area contributed by atoms with E-state index in [0.717, 1.165) is 0 Å². The first-order valence-electron chi connectivity index (χ1n) is 7.52. The Morgan fingerprint density at radius 2 is 1.93 bits per heavy atom. The van der Waals surface area contributed by atoms with Gasteiger partial charge in [0.15, 0.2) is 0 Å². The molecular weight excluding hydrogens is 393 g/mol. The maximum atomic E-state index is 12.1. The molecule has 2 N–H and O–H groups in total. The molecule has 2 aromatic carbocycles. The summed E-state index contributed by atoms with van der Waals surface area (Å²) >= 11 is 11.9. The molecule has 0 atom stereocenters. The number of carbonyl (C=O) groups is 1. The summed E-state index contributed by atoms with van der Waals surface area (Å²) in [6.07, 6.45) is 1.30. The van der Waals surface area contributed by atoms with Crippen LogP contribution in [0.25, 0.3) is 11.3 Å². The van der Waals surface area contributed by atoms with E-state index in [2.05, 4.69) is 20.7 Å². The number of non-ortho nitro benzene ring substituents is 1. The summed E-state index contributed by atoms with van der Waals surface area (Å²) in [5, 5.41) is 22.1. The summed E-state index contributed by atoms with van der Waals surface area (Å²) in [6, 6.07) is 12.3. The van der Waals surface area contributed by atoms with Crippen molar-refractivity contribution < 1.29 is 9.72 Å². The zero-order valence-electron chi connectivity index (χ0n) is 13.5. The molecule has 0 fully saturated rings. The molecule has 1 amide bonds. The summed E-state index contributed by atoms with van der Waals surface area (Å²) < 4.78 is 0. The fraction of sp³-hybridized carbons (Fsp3) is 0. The van der Waals surface area contributed by atoms with Crippen molar-refractivity contribution >= 4 is 41.0 Å². The predicted octanol–water partition coefficient (Wildman–Crippen LogP) is 4.06. The highest BCUT2D eigenvalue weighted by Gasteiger charge is 2.11. The number of nitrogens with one attached hydrogen (secondary N) is 2. The molecule has 0 saturated carbocycles. The van der Waals surface area contributed by atoms with Crippen LogP contribution >= 0.6 is 23.2 Å². The minimum atomic E-state index is -0.524. The van der Waals surface area contributed by atoms with E-state index in [0.29, 0.717) is 26.9 Å². The van der Waals surface area contributed by atoms with Crippen molar-refractivity contribution in [2.45, 2.75) is 0 Å². The summed E-state index contributed by atoms with van der Waals surface area (Å²) in [5.41, 5.74) is 4.06. The molecule has 0 radical (unpaired) electrons. The lowest BCUT2D eigenvalue weighted by molar-refractivity contribution is -0.384. The monoisotopic (exact) mass is 403 g/mol. The number of aromatic amines is 1. The van der Waals surface area contributed by atoms with Crippen molar-refractivity contribution in [2.75, 3.05) is 0 Å². The Morgan fingerprint density at radius 3 is 2.63 bits per heavy atom. The molecule has 27 heavy (non-hydrogen) atoms. The number of amides is 1. The lowest BCUT2D eigenvalue weighted by atomic mass is 10.1. The van der Waals surface area contributed by atoms with Crippen molar-refractivity contribution in [2.24, 2.45) is 5.10 Å². The summed E-state index contributed by atoms with van der Waals surface area (Å²) in [5.74, 6) is -0.524. The highest BCUT2D eigenvalue weighted by molar-refractivity contribution is 6.35. The average Bonchev–Trinajstić information content (AvgIpc) is 3.11. The van der Waals surface area contributed by atoms with Crippen LogP contribution in [0.5, 0.6) is 0 Å². The van der Waals surface area contributed by atoms with Gasteiger partial charge in [0.2, 0.25) is 0 Å². The maximum absolute atomic E-state index is 12.1. The van der Waals surface area contributed by atoms with E-state index < -0.39 is 10.8 Å². The van der Waals surface area contributed by atoms with Gasteiger partial charge < -0.3 is 0 Å². The molecule has 3 aromatic rings. The Balaban J connectivity index is 1.69. The first-order valence-corrected chi connectivity index (χ1v) is 8.28. The first kappa shape index (κ1) is 18.6. The number of halogens is 2. The van der Waals surface area contributed by atoms with Crippen molar-refractivity contribution in [1.82, 2.24) is 15.6 Å².